The molecule has 26 heavy (non-hydrogen) atoms. The summed E-state index contributed by atoms with van der Waals surface area (Å²) in [5.74, 6) is 0.236. The number of fused-ring (bicyclic) bond motifs is 1. The molecule has 0 saturated heterocycles. The number of hydrogen-bond acceptors (Lipinski definition) is 4. The maximum absolute atomic E-state index is 9.66. The average Bonchev–Trinajstić information content (AvgIpc) is 2.62. The molecule has 1 heterocycles. The minimum absolute atomic E-state index is 0.0812. The highest BCUT2D eigenvalue weighted by Gasteiger charge is 2.33. The van der Waals surface area contributed by atoms with Crippen LogP contribution in [0.2, 0.25) is 10.0 Å². The smallest absolute Gasteiger partial charge is 0.205 e. The van der Waals surface area contributed by atoms with Gasteiger partial charge in [-0.25, -0.2) is 0 Å². The van der Waals surface area contributed by atoms with Crippen molar-refractivity contribution in [1.29, 1.82) is 5.26 Å². The van der Waals surface area contributed by atoms with E-state index >= 15 is 0 Å². The van der Waals surface area contributed by atoms with Crippen LogP contribution in [0.3, 0.4) is 0 Å². The molecule has 0 saturated carbocycles. The summed E-state index contributed by atoms with van der Waals surface area (Å²) in [6, 6.07) is 13.4. The molecule has 0 amide bonds. The molecule has 0 unspecified atom stereocenters. The van der Waals surface area contributed by atoms with Crippen molar-refractivity contribution in [2.24, 2.45) is 5.73 Å². The normalized spacial score (nSPS) is 15.9. The fourth-order valence-corrected chi connectivity index (χ4v) is 3.93. The molecule has 2 aromatic rings. The molecule has 0 aromatic heterocycles. The van der Waals surface area contributed by atoms with Gasteiger partial charge in [-0.1, -0.05) is 35.3 Å². The highest BCUT2D eigenvalue weighted by molar-refractivity contribution is 6.36. The molecule has 0 radical (unpaired) electrons. The highest BCUT2D eigenvalue weighted by Crippen LogP contribution is 2.47. The molecule has 2 aromatic carbocycles. The lowest BCUT2D eigenvalue weighted by Crippen LogP contribution is -2.24. The van der Waals surface area contributed by atoms with Gasteiger partial charge in [-0.15, -0.1) is 0 Å². The zero-order valence-electron chi connectivity index (χ0n) is 14.6. The molecule has 1 aliphatic heterocycles. The van der Waals surface area contributed by atoms with Gasteiger partial charge in [0.15, 0.2) is 0 Å². The summed E-state index contributed by atoms with van der Waals surface area (Å²) in [5.41, 5.74) is 8.88. The summed E-state index contributed by atoms with van der Waals surface area (Å²) in [6.45, 7) is 5.95. The van der Waals surface area contributed by atoms with Crippen LogP contribution in [0.15, 0.2) is 47.9 Å². The zero-order chi connectivity index (χ0) is 18.8. The summed E-state index contributed by atoms with van der Waals surface area (Å²) in [4.78, 5) is 2.21. The number of ether oxygens (including phenoxy) is 1. The Morgan fingerprint density at radius 2 is 1.81 bits per heavy atom. The molecule has 6 heteroatoms. The Morgan fingerprint density at radius 3 is 2.38 bits per heavy atom. The van der Waals surface area contributed by atoms with E-state index < -0.39 is 5.92 Å². The van der Waals surface area contributed by atoms with E-state index in [9.17, 15) is 5.26 Å². The number of allylic oxidation sites excluding steroid dienone is 1. The fraction of sp³-hybridized carbons (Fsp3) is 0.250. The number of nitrogens with zero attached hydrogens (tertiary/aromatic N) is 2. The average molecular weight is 388 g/mol. The Kier molecular flexibility index (Phi) is 5.31. The number of nitriles is 1. The number of halogens is 2. The molecule has 0 fully saturated rings. The van der Waals surface area contributed by atoms with Gasteiger partial charge in [0.1, 0.15) is 17.4 Å². The molecular formula is C20H19Cl2N3O. The Hall–Kier alpha value is -2.35. The number of nitrogens with two attached hydrogens (primary N) is 1. The predicted molar refractivity (Wildman–Crippen MR) is 106 cm³/mol. The Labute approximate surface area is 163 Å². The van der Waals surface area contributed by atoms with Gasteiger partial charge in [-0.3, -0.25) is 0 Å². The molecule has 4 nitrogen and oxygen atoms in total. The van der Waals surface area contributed by atoms with Crippen molar-refractivity contribution in [2.75, 3.05) is 18.0 Å². The second-order valence-corrected chi connectivity index (χ2v) is 6.77. The minimum Gasteiger partial charge on any atom is -0.440 e. The lowest BCUT2D eigenvalue weighted by Gasteiger charge is -2.29. The van der Waals surface area contributed by atoms with Gasteiger partial charge in [0, 0.05) is 46.0 Å². The predicted octanol–water partition coefficient (Wildman–Crippen LogP) is 5.06. The zero-order valence-corrected chi connectivity index (χ0v) is 16.1. The molecule has 0 bridgehead atoms. The van der Waals surface area contributed by atoms with Gasteiger partial charge >= 0.3 is 0 Å². The van der Waals surface area contributed by atoms with E-state index in [0.29, 0.717) is 26.9 Å². The van der Waals surface area contributed by atoms with E-state index in [0.717, 1.165) is 24.3 Å². The van der Waals surface area contributed by atoms with E-state index in [-0.39, 0.29) is 5.88 Å². The quantitative estimate of drug-likeness (QED) is 0.796. The monoisotopic (exact) mass is 387 g/mol. The number of hydrogen-bond donors (Lipinski definition) is 1. The van der Waals surface area contributed by atoms with Crippen molar-refractivity contribution in [2.45, 2.75) is 19.8 Å². The standard InChI is InChI=1S/C20H19Cl2N3O/c1-3-25(4-2)12-8-9-13-17(10-12)26-20(24)14(11-23)18(13)19-15(21)6-5-7-16(19)22/h5-10,18H,3-4,24H2,1-2H3/t18-/m0/s1. The summed E-state index contributed by atoms with van der Waals surface area (Å²) in [5, 5.41) is 10.6. The molecule has 2 N–H and O–H groups in total. The molecule has 134 valence electrons. The van der Waals surface area contributed by atoms with Gasteiger partial charge < -0.3 is 15.4 Å². The van der Waals surface area contributed by atoms with Gasteiger partial charge in [-0.05, 0) is 32.0 Å². The first kappa shape index (κ1) is 18.4. The third kappa shape index (κ3) is 3.09. The Bertz CT molecular complexity index is 894. The molecule has 1 atom stereocenters. The van der Waals surface area contributed by atoms with Crippen LogP contribution in [0, 0.1) is 11.3 Å². The highest BCUT2D eigenvalue weighted by atomic mass is 35.5. The van der Waals surface area contributed by atoms with Crippen molar-refractivity contribution in [3.63, 3.8) is 0 Å². The number of benzene rings is 2. The lowest BCUT2D eigenvalue weighted by atomic mass is 9.83. The van der Waals surface area contributed by atoms with Crippen LogP contribution < -0.4 is 15.4 Å². The van der Waals surface area contributed by atoms with E-state index in [1.165, 1.54) is 0 Å². The summed E-state index contributed by atoms with van der Waals surface area (Å²) in [7, 11) is 0. The van der Waals surface area contributed by atoms with Gasteiger partial charge in [0.25, 0.3) is 0 Å². The molecule has 3 rings (SSSR count). The van der Waals surface area contributed by atoms with Crippen LogP contribution in [0.25, 0.3) is 0 Å². The van der Waals surface area contributed by atoms with Crippen molar-refractivity contribution in [3.8, 4) is 11.8 Å². The van der Waals surface area contributed by atoms with Crippen LogP contribution in [0.1, 0.15) is 30.9 Å². The van der Waals surface area contributed by atoms with Crippen LogP contribution in [0.5, 0.6) is 5.75 Å². The number of rotatable bonds is 4. The van der Waals surface area contributed by atoms with Crippen molar-refractivity contribution >= 4 is 28.9 Å². The second-order valence-electron chi connectivity index (χ2n) is 5.95. The first-order valence-electron chi connectivity index (χ1n) is 8.42. The first-order chi connectivity index (χ1) is 12.5. The molecule has 1 aliphatic rings. The van der Waals surface area contributed by atoms with Gasteiger partial charge in [0.2, 0.25) is 5.88 Å². The molecule has 0 aliphatic carbocycles. The van der Waals surface area contributed by atoms with Crippen LogP contribution in [-0.4, -0.2) is 13.1 Å². The first-order valence-corrected chi connectivity index (χ1v) is 9.17. The second kappa shape index (κ2) is 7.49. The SMILES string of the molecule is CCN(CC)c1ccc2c(c1)OC(N)=C(C#N)[C@H]2c1c(Cl)cccc1Cl. The van der Waals surface area contributed by atoms with Crippen LogP contribution >= 0.6 is 23.2 Å². The maximum Gasteiger partial charge on any atom is 0.205 e. The Morgan fingerprint density at radius 1 is 1.15 bits per heavy atom. The molecular weight excluding hydrogens is 369 g/mol. The third-order valence-corrected chi connectivity index (χ3v) is 5.28. The van der Waals surface area contributed by atoms with E-state index in [2.05, 4.69) is 24.8 Å². The largest absolute Gasteiger partial charge is 0.440 e. The minimum atomic E-state index is -0.462. The van der Waals surface area contributed by atoms with Gasteiger partial charge in [0.05, 0.1) is 5.92 Å². The van der Waals surface area contributed by atoms with Gasteiger partial charge in [-0.2, -0.15) is 5.26 Å². The lowest BCUT2D eigenvalue weighted by molar-refractivity contribution is 0.393. The summed E-state index contributed by atoms with van der Waals surface area (Å²) < 4.78 is 5.77. The summed E-state index contributed by atoms with van der Waals surface area (Å²) >= 11 is 12.8. The third-order valence-electron chi connectivity index (χ3n) is 4.62. The number of anilines is 1. The van der Waals surface area contributed by atoms with Crippen LogP contribution in [0.4, 0.5) is 5.69 Å². The van der Waals surface area contributed by atoms with Crippen molar-refractivity contribution in [1.82, 2.24) is 0 Å². The van der Waals surface area contributed by atoms with E-state index in [4.69, 9.17) is 33.7 Å². The summed E-state index contributed by atoms with van der Waals surface area (Å²) in [6.07, 6.45) is 0. The molecule has 0 spiro atoms. The topological polar surface area (TPSA) is 62.3 Å². The van der Waals surface area contributed by atoms with E-state index in [1.807, 2.05) is 18.2 Å². The Balaban J connectivity index is 2.21. The van der Waals surface area contributed by atoms with Crippen molar-refractivity contribution < 1.29 is 4.74 Å². The maximum atomic E-state index is 9.66. The van der Waals surface area contributed by atoms with Crippen molar-refractivity contribution in [3.05, 3.63) is 69.0 Å². The van der Waals surface area contributed by atoms with E-state index in [1.54, 1.807) is 18.2 Å². The van der Waals surface area contributed by atoms with Crippen LogP contribution in [-0.2, 0) is 0 Å². The fourth-order valence-electron chi connectivity index (χ4n) is 3.31.